The molecule has 10 nitrogen and oxygen atoms in total. The van der Waals surface area contributed by atoms with E-state index in [4.69, 9.17) is 9.47 Å². The van der Waals surface area contributed by atoms with Crippen LogP contribution in [-0.4, -0.2) is 46.7 Å². The topological polar surface area (TPSA) is 119 Å². The molecule has 0 spiro atoms. The predicted molar refractivity (Wildman–Crippen MR) is 138 cm³/mol. The van der Waals surface area contributed by atoms with Crippen LogP contribution in [0, 0.1) is 22.0 Å². The van der Waals surface area contributed by atoms with Gasteiger partial charge in [0.25, 0.3) is 5.69 Å². The summed E-state index contributed by atoms with van der Waals surface area (Å²) in [6, 6.07) is 16.4. The summed E-state index contributed by atoms with van der Waals surface area (Å²) in [7, 11) is 0. The van der Waals surface area contributed by atoms with Crippen molar-refractivity contribution in [2.45, 2.75) is 12.1 Å². The van der Waals surface area contributed by atoms with Crippen LogP contribution in [0.25, 0.3) is 6.08 Å². The van der Waals surface area contributed by atoms with Crippen molar-refractivity contribution in [2.75, 3.05) is 18.1 Å². The number of carbonyl (C=O) groups is 3. The van der Waals surface area contributed by atoms with Crippen LogP contribution in [-0.2, 0) is 9.59 Å². The molecule has 1 unspecified atom stereocenters. The Morgan fingerprint density at radius 3 is 2.49 bits per heavy atom. The number of carbonyl (C=O) groups excluding carboxylic acids is 3. The molecular formula is C29H21N3O7. The summed E-state index contributed by atoms with van der Waals surface area (Å²) in [5.74, 6) is -2.20. The molecule has 39 heavy (non-hydrogen) atoms. The van der Waals surface area contributed by atoms with E-state index >= 15 is 0 Å². The highest BCUT2D eigenvalue weighted by atomic mass is 16.6. The second kappa shape index (κ2) is 8.52. The van der Waals surface area contributed by atoms with E-state index in [9.17, 15) is 24.5 Å². The van der Waals surface area contributed by atoms with Crippen molar-refractivity contribution in [2.24, 2.45) is 11.8 Å². The molecule has 4 aliphatic heterocycles. The number of benzene rings is 3. The van der Waals surface area contributed by atoms with Gasteiger partial charge in [0.15, 0.2) is 17.3 Å². The number of rotatable bonds is 4. The zero-order chi connectivity index (χ0) is 26.8. The maximum absolute atomic E-state index is 14.1. The summed E-state index contributed by atoms with van der Waals surface area (Å²) >= 11 is 0. The van der Waals surface area contributed by atoms with Gasteiger partial charge >= 0.3 is 0 Å². The average molecular weight is 524 g/mol. The van der Waals surface area contributed by atoms with Gasteiger partial charge in [0.1, 0.15) is 19.3 Å². The molecule has 3 aromatic rings. The molecule has 0 N–H and O–H groups in total. The smallest absolute Gasteiger partial charge is 0.270 e. The highest BCUT2D eigenvalue weighted by Gasteiger charge is 2.64. The molecule has 2 saturated heterocycles. The number of amides is 2. The van der Waals surface area contributed by atoms with Crippen LogP contribution >= 0.6 is 0 Å². The van der Waals surface area contributed by atoms with E-state index in [1.54, 1.807) is 29.3 Å². The maximum atomic E-state index is 14.1. The van der Waals surface area contributed by atoms with Crippen molar-refractivity contribution < 1.29 is 28.8 Å². The van der Waals surface area contributed by atoms with Gasteiger partial charge in [-0.1, -0.05) is 36.4 Å². The van der Waals surface area contributed by atoms with Crippen LogP contribution < -0.4 is 14.4 Å². The lowest BCUT2D eigenvalue weighted by molar-refractivity contribution is -0.384. The minimum absolute atomic E-state index is 0.110. The standard InChI is InChI=1S/C29H21N3O7/c33-27(17-5-3-6-19(14-17)32(36)37)26-24-23(25-20-7-2-1-4-16(20)10-11-30(25)26)28(34)31(29(24)35)18-8-9-21-22(15-18)39-13-12-38-21/h1-11,14-15,23-26H,12-13H2/t23-,24+,25?,26-/m0/s1. The van der Waals surface area contributed by atoms with E-state index in [0.29, 0.717) is 30.4 Å². The SMILES string of the molecule is O=C(c1cccc([N+](=O)[O-])c1)[C@@H]1[C@@H]2C(=O)N(c3ccc4c(c3)OCCO4)C(=O)[C@@H]2C2c3ccccc3C=CN21. The number of nitro groups is 1. The van der Waals surface area contributed by atoms with Crippen molar-refractivity contribution in [1.29, 1.82) is 0 Å². The first-order chi connectivity index (χ1) is 18.9. The Morgan fingerprint density at radius 1 is 0.897 bits per heavy atom. The Balaban J connectivity index is 1.35. The number of fused-ring (bicyclic) bond motifs is 6. The molecule has 4 aliphatic rings. The first kappa shape index (κ1) is 23.2. The molecule has 2 amide bonds. The van der Waals surface area contributed by atoms with Gasteiger partial charge in [-0.2, -0.15) is 0 Å². The fraction of sp³-hybridized carbons (Fsp3) is 0.207. The number of ether oxygens (including phenoxy) is 2. The van der Waals surface area contributed by atoms with Gasteiger partial charge in [0, 0.05) is 30.0 Å². The van der Waals surface area contributed by atoms with Crippen molar-refractivity contribution in [3.63, 3.8) is 0 Å². The number of imide groups is 1. The van der Waals surface area contributed by atoms with Gasteiger partial charge in [-0.25, -0.2) is 4.90 Å². The van der Waals surface area contributed by atoms with Gasteiger partial charge in [0.2, 0.25) is 11.8 Å². The number of non-ortho nitro benzene ring substituents is 1. The minimum atomic E-state index is -1.02. The molecule has 4 atom stereocenters. The number of hydrogen-bond donors (Lipinski definition) is 0. The number of ketones is 1. The molecule has 0 saturated carbocycles. The zero-order valence-electron chi connectivity index (χ0n) is 20.4. The van der Waals surface area contributed by atoms with Crippen LogP contribution in [0.3, 0.4) is 0 Å². The van der Waals surface area contributed by atoms with Crippen molar-refractivity contribution in [3.05, 3.63) is 99.7 Å². The van der Waals surface area contributed by atoms with Crippen LogP contribution in [0.1, 0.15) is 27.5 Å². The summed E-state index contributed by atoms with van der Waals surface area (Å²) in [6.07, 6.45) is 3.61. The molecule has 0 aliphatic carbocycles. The van der Waals surface area contributed by atoms with E-state index in [-0.39, 0.29) is 11.3 Å². The Bertz CT molecular complexity index is 1620. The second-order valence-corrected chi connectivity index (χ2v) is 9.84. The molecular weight excluding hydrogens is 502 g/mol. The van der Waals surface area contributed by atoms with Crippen molar-refractivity contribution in [1.82, 2.24) is 4.90 Å². The third-order valence-corrected chi connectivity index (χ3v) is 7.86. The first-order valence-corrected chi connectivity index (χ1v) is 12.5. The molecule has 7 rings (SSSR count). The fourth-order valence-corrected chi connectivity index (χ4v) is 6.23. The lowest BCUT2D eigenvalue weighted by atomic mass is 9.83. The lowest BCUT2D eigenvalue weighted by Crippen LogP contribution is -2.44. The summed E-state index contributed by atoms with van der Waals surface area (Å²) in [5.41, 5.74) is 1.97. The predicted octanol–water partition coefficient (Wildman–Crippen LogP) is 3.76. The van der Waals surface area contributed by atoms with E-state index in [0.717, 1.165) is 16.0 Å². The second-order valence-electron chi connectivity index (χ2n) is 9.84. The van der Waals surface area contributed by atoms with Crippen LogP contribution in [0.2, 0.25) is 0 Å². The van der Waals surface area contributed by atoms with E-state index in [2.05, 4.69) is 0 Å². The number of hydrogen-bond acceptors (Lipinski definition) is 8. The molecule has 4 heterocycles. The van der Waals surface area contributed by atoms with Gasteiger partial charge in [-0.05, 0) is 29.3 Å². The quantitative estimate of drug-likeness (QED) is 0.219. The van der Waals surface area contributed by atoms with Crippen molar-refractivity contribution in [3.8, 4) is 11.5 Å². The minimum Gasteiger partial charge on any atom is -0.486 e. The van der Waals surface area contributed by atoms with Crippen LogP contribution in [0.5, 0.6) is 11.5 Å². The number of Topliss-reactive ketones (excluding diaryl/α,β-unsaturated/α-hetero) is 1. The highest BCUT2D eigenvalue weighted by molar-refractivity contribution is 6.24. The lowest BCUT2D eigenvalue weighted by Gasteiger charge is -2.35. The zero-order valence-corrected chi connectivity index (χ0v) is 20.4. The van der Waals surface area contributed by atoms with E-state index in [1.165, 1.54) is 24.3 Å². The molecule has 2 fully saturated rings. The number of anilines is 1. The molecule has 0 radical (unpaired) electrons. The molecule has 194 valence electrons. The largest absolute Gasteiger partial charge is 0.486 e. The van der Waals surface area contributed by atoms with Gasteiger partial charge in [0.05, 0.1) is 28.5 Å². The third-order valence-electron chi connectivity index (χ3n) is 7.86. The van der Waals surface area contributed by atoms with Gasteiger partial charge in [-0.15, -0.1) is 0 Å². The number of nitro benzene ring substituents is 1. The first-order valence-electron chi connectivity index (χ1n) is 12.5. The summed E-state index contributed by atoms with van der Waals surface area (Å²) < 4.78 is 11.3. The van der Waals surface area contributed by atoms with Crippen molar-refractivity contribution >= 4 is 35.0 Å². The third kappa shape index (κ3) is 3.37. The summed E-state index contributed by atoms with van der Waals surface area (Å²) in [5, 5.41) is 11.4. The summed E-state index contributed by atoms with van der Waals surface area (Å²) in [4.78, 5) is 55.9. The fourth-order valence-electron chi connectivity index (χ4n) is 6.23. The normalized spacial score (nSPS) is 24.3. The molecule has 10 heteroatoms. The van der Waals surface area contributed by atoms with Gasteiger partial charge < -0.3 is 14.4 Å². The maximum Gasteiger partial charge on any atom is 0.270 e. The Kier molecular flexibility index (Phi) is 5.06. The highest BCUT2D eigenvalue weighted by Crippen LogP contribution is 2.54. The van der Waals surface area contributed by atoms with Gasteiger partial charge in [-0.3, -0.25) is 24.5 Å². The Morgan fingerprint density at radius 2 is 1.67 bits per heavy atom. The Hall–Kier alpha value is -4.99. The molecule has 0 aromatic heterocycles. The molecule has 0 bridgehead atoms. The van der Waals surface area contributed by atoms with Crippen LogP contribution in [0.4, 0.5) is 11.4 Å². The van der Waals surface area contributed by atoms with Crippen LogP contribution in [0.15, 0.2) is 72.9 Å². The number of nitrogens with zero attached hydrogens (tertiary/aromatic N) is 3. The Labute approximate surface area is 222 Å². The monoisotopic (exact) mass is 523 g/mol. The van der Waals surface area contributed by atoms with E-state index < -0.39 is 46.4 Å². The molecule has 3 aromatic carbocycles. The average Bonchev–Trinajstić information content (AvgIpc) is 3.44. The summed E-state index contributed by atoms with van der Waals surface area (Å²) in [6.45, 7) is 0.757. The van der Waals surface area contributed by atoms with E-state index in [1.807, 2.05) is 30.3 Å².